The standard InChI is InChI=1S/C17H15NO2/c1-10-3-4-12(7-11(10)2)13-5-6-14-15(17(19)20)9-18-16(14)8-13/h3-9,18H,1-2H3,(H,19,20). The highest BCUT2D eigenvalue weighted by molar-refractivity contribution is 6.04. The van der Waals surface area contributed by atoms with E-state index in [1.807, 2.05) is 18.2 Å². The molecule has 0 atom stereocenters. The molecule has 0 spiro atoms. The van der Waals surface area contributed by atoms with Crippen molar-refractivity contribution in [3.63, 3.8) is 0 Å². The molecule has 0 saturated carbocycles. The van der Waals surface area contributed by atoms with Gasteiger partial charge in [-0.25, -0.2) is 4.79 Å². The fourth-order valence-corrected chi connectivity index (χ4v) is 2.40. The van der Waals surface area contributed by atoms with E-state index in [4.69, 9.17) is 5.11 Å². The van der Waals surface area contributed by atoms with Crippen LogP contribution in [0.4, 0.5) is 0 Å². The van der Waals surface area contributed by atoms with Gasteiger partial charge in [-0.2, -0.15) is 0 Å². The quantitative estimate of drug-likeness (QED) is 0.731. The average molecular weight is 265 g/mol. The minimum absolute atomic E-state index is 0.312. The lowest BCUT2D eigenvalue weighted by molar-refractivity contribution is 0.0699. The molecule has 0 radical (unpaired) electrons. The van der Waals surface area contributed by atoms with Crippen LogP contribution in [0.25, 0.3) is 22.0 Å². The number of H-pyrrole nitrogens is 1. The highest BCUT2D eigenvalue weighted by Gasteiger charge is 2.11. The molecule has 0 aliphatic heterocycles. The molecular weight excluding hydrogens is 250 g/mol. The van der Waals surface area contributed by atoms with Crippen LogP contribution >= 0.6 is 0 Å². The molecule has 100 valence electrons. The van der Waals surface area contributed by atoms with E-state index in [1.54, 1.807) is 0 Å². The monoisotopic (exact) mass is 265 g/mol. The number of nitrogens with one attached hydrogen (secondary N) is 1. The number of aromatic carboxylic acids is 1. The van der Waals surface area contributed by atoms with Gasteiger partial charge in [-0.15, -0.1) is 0 Å². The van der Waals surface area contributed by atoms with Crippen LogP contribution in [0.15, 0.2) is 42.6 Å². The lowest BCUT2D eigenvalue weighted by Gasteiger charge is -2.06. The van der Waals surface area contributed by atoms with Gasteiger partial charge in [-0.05, 0) is 42.2 Å². The summed E-state index contributed by atoms with van der Waals surface area (Å²) in [6, 6.07) is 12.2. The molecule has 3 nitrogen and oxygen atoms in total. The molecule has 3 heteroatoms. The zero-order chi connectivity index (χ0) is 14.3. The van der Waals surface area contributed by atoms with Crippen LogP contribution < -0.4 is 0 Å². The third kappa shape index (κ3) is 1.97. The van der Waals surface area contributed by atoms with Gasteiger partial charge >= 0.3 is 5.97 Å². The number of fused-ring (bicyclic) bond motifs is 1. The van der Waals surface area contributed by atoms with Crippen molar-refractivity contribution in [3.05, 3.63) is 59.3 Å². The van der Waals surface area contributed by atoms with Crippen LogP contribution in [0.3, 0.4) is 0 Å². The topological polar surface area (TPSA) is 53.1 Å². The molecule has 0 fully saturated rings. The number of carbonyl (C=O) groups is 1. The van der Waals surface area contributed by atoms with Gasteiger partial charge in [0.2, 0.25) is 0 Å². The molecule has 0 aliphatic rings. The van der Waals surface area contributed by atoms with Crippen LogP contribution in [0, 0.1) is 13.8 Å². The summed E-state index contributed by atoms with van der Waals surface area (Å²) in [6.45, 7) is 4.18. The first kappa shape index (κ1) is 12.5. The van der Waals surface area contributed by atoms with Gasteiger partial charge in [0.05, 0.1) is 5.56 Å². The number of carboxylic acids is 1. The first-order valence-electron chi connectivity index (χ1n) is 6.48. The largest absolute Gasteiger partial charge is 0.478 e. The molecule has 0 bridgehead atoms. The van der Waals surface area contributed by atoms with Gasteiger partial charge in [0.1, 0.15) is 0 Å². The van der Waals surface area contributed by atoms with E-state index in [2.05, 4.69) is 37.0 Å². The lowest BCUT2D eigenvalue weighted by Crippen LogP contribution is -1.93. The van der Waals surface area contributed by atoms with Gasteiger partial charge in [0, 0.05) is 17.1 Å². The molecule has 3 aromatic rings. The molecule has 0 unspecified atom stereocenters. The van der Waals surface area contributed by atoms with Crippen LogP contribution in [-0.4, -0.2) is 16.1 Å². The van der Waals surface area contributed by atoms with Crippen molar-refractivity contribution in [1.29, 1.82) is 0 Å². The third-order valence-electron chi connectivity index (χ3n) is 3.75. The molecule has 0 aliphatic carbocycles. The Morgan fingerprint density at radius 3 is 2.40 bits per heavy atom. The fraction of sp³-hybridized carbons (Fsp3) is 0.118. The summed E-state index contributed by atoms with van der Waals surface area (Å²) in [5.74, 6) is -0.907. The summed E-state index contributed by atoms with van der Waals surface area (Å²) in [5.41, 5.74) is 5.90. The number of hydrogen-bond donors (Lipinski definition) is 2. The summed E-state index contributed by atoms with van der Waals surface area (Å²) in [7, 11) is 0. The zero-order valence-electron chi connectivity index (χ0n) is 11.4. The Morgan fingerprint density at radius 2 is 1.70 bits per heavy atom. The summed E-state index contributed by atoms with van der Waals surface area (Å²) in [4.78, 5) is 14.1. The number of benzene rings is 2. The van der Waals surface area contributed by atoms with Crippen molar-refractivity contribution in [2.24, 2.45) is 0 Å². The predicted molar refractivity (Wildman–Crippen MR) is 80.2 cm³/mol. The molecule has 0 amide bonds. The van der Waals surface area contributed by atoms with Crippen LogP contribution in [0.1, 0.15) is 21.5 Å². The maximum absolute atomic E-state index is 11.1. The van der Waals surface area contributed by atoms with Crippen LogP contribution in [0.5, 0.6) is 0 Å². The second-order valence-electron chi connectivity index (χ2n) is 5.07. The molecule has 20 heavy (non-hydrogen) atoms. The summed E-state index contributed by atoms with van der Waals surface area (Å²) >= 11 is 0. The van der Waals surface area contributed by atoms with Crippen LogP contribution in [0.2, 0.25) is 0 Å². The van der Waals surface area contributed by atoms with E-state index in [-0.39, 0.29) is 0 Å². The van der Waals surface area contributed by atoms with Gasteiger partial charge < -0.3 is 10.1 Å². The van der Waals surface area contributed by atoms with E-state index in [0.717, 1.165) is 22.0 Å². The van der Waals surface area contributed by atoms with Crippen molar-refractivity contribution < 1.29 is 9.90 Å². The Morgan fingerprint density at radius 1 is 1.00 bits per heavy atom. The second kappa shape index (κ2) is 4.53. The molecule has 2 aromatic carbocycles. The maximum atomic E-state index is 11.1. The first-order chi connectivity index (χ1) is 9.56. The Kier molecular flexibility index (Phi) is 2.83. The first-order valence-corrected chi connectivity index (χ1v) is 6.48. The third-order valence-corrected chi connectivity index (χ3v) is 3.75. The number of hydrogen-bond acceptors (Lipinski definition) is 1. The highest BCUT2D eigenvalue weighted by atomic mass is 16.4. The molecular formula is C17H15NO2. The maximum Gasteiger partial charge on any atom is 0.337 e. The Hall–Kier alpha value is -2.55. The number of rotatable bonds is 2. The predicted octanol–water partition coefficient (Wildman–Crippen LogP) is 4.15. The molecule has 1 aromatic heterocycles. The zero-order valence-corrected chi connectivity index (χ0v) is 11.4. The number of aromatic nitrogens is 1. The van der Waals surface area contributed by atoms with Crippen molar-refractivity contribution in [2.45, 2.75) is 13.8 Å². The summed E-state index contributed by atoms with van der Waals surface area (Å²) < 4.78 is 0. The normalized spacial score (nSPS) is 10.9. The molecule has 0 saturated heterocycles. The van der Waals surface area contributed by atoms with Crippen molar-refractivity contribution >= 4 is 16.9 Å². The summed E-state index contributed by atoms with van der Waals surface area (Å²) in [6.07, 6.45) is 1.54. The highest BCUT2D eigenvalue weighted by Crippen LogP contribution is 2.27. The summed E-state index contributed by atoms with van der Waals surface area (Å²) in [5, 5.41) is 9.85. The second-order valence-corrected chi connectivity index (χ2v) is 5.07. The lowest BCUT2D eigenvalue weighted by atomic mass is 9.99. The van der Waals surface area contributed by atoms with E-state index >= 15 is 0 Å². The minimum Gasteiger partial charge on any atom is -0.478 e. The number of carboxylic acid groups (broad SMARTS) is 1. The van der Waals surface area contributed by atoms with E-state index in [0.29, 0.717) is 5.56 Å². The van der Waals surface area contributed by atoms with Crippen molar-refractivity contribution in [1.82, 2.24) is 4.98 Å². The fourth-order valence-electron chi connectivity index (χ4n) is 2.40. The Bertz CT molecular complexity index is 815. The van der Waals surface area contributed by atoms with Crippen molar-refractivity contribution in [3.8, 4) is 11.1 Å². The average Bonchev–Trinajstić information content (AvgIpc) is 2.85. The molecule has 1 heterocycles. The number of aromatic amines is 1. The van der Waals surface area contributed by atoms with Crippen LogP contribution in [-0.2, 0) is 0 Å². The smallest absolute Gasteiger partial charge is 0.337 e. The van der Waals surface area contributed by atoms with Crippen molar-refractivity contribution in [2.75, 3.05) is 0 Å². The molecule has 2 N–H and O–H groups in total. The van der Waals surface area contributed by atoms with E-state index in [1.165, 1.54) is 17.3 Å². The minimum atomic E-state index is -0.907. The SMILES string of the molecule is Cc1ccc(-c2ccc3c(C(=O)O)c[nH]c3c2)cc1C. The van der Waals surface area contributed by atoms with Gasteiger partial charge in [0.25, 0.3) is 0 Å². The Labute approximate surface area is 116 Å². The van der Waals surface area contributed by atoms with Gasteiger partial charge in [-0.1, -0.05) is 30.3 Å². The molecule has 3 rings (SSSR count). The Balaban J connectivity index is 2.13. The van der Waals surface area contributed by atoms with E-state index in [9.17, 15) is 4.79 Å². The van der Waals surface area contributed by atoms with E-state index < -0.39 is 5.97 Å². The van der Waals surface area contributed by atoms with Gasteiger partial charge in [-0.3, -0.25) is 0 Å². The number of aryl methyl sites for hydroxylation is 2. The van der Waals surface area contributed by atoms with Gasteiger partial charge in [0.15, 0.2) is 0 Å².